The number of likely N-dealkylation sites (tertiary alicyclic amines) is 1. The molecule has 28 heavy (non-hydrogen) atoms. The summed E-state index contributed by atoms with van der Waals surface area (Å²) in [5.74, 6) is 0.193. The Labute approximate surface area is 163 Å². The summed E-state index contributed by atoms with van der Waals surface area (Å²) in [6, 6.07) is 3.75. The average Bonchev–Trinajstić information content (AvgIpc) is 3.42. The normalized spacial score (nSPS) is 31.6. The van der Waals surface area contributed by atoms with Crippen molar-refractivity contribution in [2.75, 3.05) is 25.2 Å². The molecule has 7 nitrogen and oxygen atoms in total. The van der Waals surface area contributed by atoms with Gasteiger partial charge in [0.05, 0.1) is 24.5 Å². The maximum Gasteiger partial charge on any atom is 0.231 e. The highest BCUT2D eigenvalue weighted by Crippen LogP contribution is 2.52. The molecule has 0 unspecified atom stereocenters. The molecule has 2 bridgehead atoms. The van der Waals surface area contributed by atoms with Gasteiger partial charge in [-0.15, -0.1) is 0 Å². The second kappa shape index (κ2) is 6.24. The maximum atomic E-state index is 13.3. The largest absolute Gasteiger partial charge is 0.454 e. The van der Waals surface area contributed by atoms with E-state index in [2.05, 4.69) is 12.2 Å². The highest BCUT2D eigenvalue weighted by molar-refractivity contribution is 5.99. The van der Waals surface area contributed by atoms with Gasteiger partial charge in [-0.3, -0.25) is 9.59 Å². The number of carbonyl (C=O) groups is 2. The Morgan fingerprint density at radius 2 is 2.07 bits per heavy atom. The summed E-state index contributed by atoms with van der Waals surface area (Å²) in [5.41, 5.74) is 1.07. The third-order valence-electron chi connectivity index (χ3n) is 6.24. The molecule has 1 spiro atoms. The van der Waals surface area contributed by atoms with Crippen LogP contribution in [-0.4, -0.2) is 48.3 Å². The number of amides is 2. The van der Waals surface area contributed by atoms with Gasteiger partial charge in [0.1, 0.15) is 5.60 Å². The van der Waals surface area contributed by atoms with E-state index in [1.807, 2.05) is 31.2 Å². The van der Waals surface area contributed by atoms with E-state index < -0.39 is 17.4 Å². The van der Waals surface area contributed by atoms with Crippen molar-refractivity contribution in [3.05, 3.63) is 29.8 Å². The van der Waals surface area contributed by atoms with Crippen LogP contribution >= 0.6 is 0 Å². The lowest BCUT2D eigenvalue weighted by Crippen LogP contribution is -2.41. The quantitative estimate of drug-likeness (QED) is 0.787. The molecule has 2 fully saturated rings. The minimum Gasteiger partial charge on any atom is -0.454 e. The molecule has 5 rings (SSSR count). The molecule has 0 saturated carbocycles. The molecule has 0 aliphatic carbocycles. The number of nitrogens with zero attached hydrogens (tertiary/aromatic N) is 1. The molecule has 0 radical (unpaired) electrons. The summed E-state index contributed by atoms with van der Waals surface area (Å²) in [6.45, 7) is 5.37. The van der Waals surface area contributed by atoms with E-state index in [0.29, 0.717) is 24.6 Å². The van der Waals surface area contributed by atoms with Crippen molar-refractivity contribution in [1.29, 1.82) is 0 Å². The Kier molecular flexibility index (Phi) is 3.91. The second-order valence-corrected chi connectivity index (χ2v) is 7.85. The van der Waals surface area contributed by atoms with Gasteiger partial charge in [0.2, 0.25) is 18.6 Å². The summed E-state index contributed by atoms with van der Waals surface area (Å²) in [5, 5.41) is 3.06. The molecule has 1 N–H and O–H groups in total. The summed E-state index contributed by atoms with van der Waals surface area (Å²) in [7, 11) is 0. The molecule has 0 aromatic heterocycles. The van der Waals surface area contributed by atoms with Gasteiger partial charge in [0.25, 0.3) is 0 Å². The second-order valence-electron chi connectivity index (χ2n) is 7.85. The third-order valence-corrected chi connectivity index (χ3v) is 6.24. The Bertz CT molecular complexity index is 882. The fourth-order valence-electron chi connectivity index (χ4n) is 4.94. The van der Waals surface area contributed by atoms with Gasteiger partial charge in [0, 0.05) is 18.3 Å². The molecule has 1 aromatic rings. The minimum absolute atomic E-state index is 0.00830. The lowest BCUT2D eigenvalue weighted by atomic mass is 9.76. The van der Waals surface area contributed by atoms with E-state index >= 15 is 0 Å². The lowest BCUT2D eigenvalue weighted by molar-refractivity contribution is -0.135. The summed E-state index contributed by atoms with van der Waals surface area (Å²) in [6.07, 6.45) is 5.31. The van der Waals surface area contributed by atoms with Crippen LogP contribution < -0.4 is 14.8 Å². The molecular formula is C21H24N2O5. The van der Waals surface area contributed by atoms with Crippen LogP contribution in [0.1, 0.15) is 25.8 Å². The van der Waals surface area contributed by atoms with Gasteiger partial charge in [-0.25, -0.2) is 0 Å². The standard InChI is InChI=1S/C21H24N2O5/c1-3-5-12-8-15-16(27-11-26-15)9-13(12)22-19(24)17-14-6-7-21(28-14)10-23(4-2)20(25)18(17)21/h6-9,14,17-18H,3-5,10-11H2,1-2H3,(H,22,24)/t14-,17+,18-,21+/m1/s1. The molecule has 4 atom stereocenters. The van der Waals surface area contributed by atoms with Crippen molar-refractivity contribution < 1.29 is 23.8 Å². The molecule has 1 aromatic carbocycles. The number of rotatable bonds is 5. The van der Waals surface area contributed by atoms with Crippen molar-refractivity contribution in [1.82, 2.24) is 4.90 Å². The Morgan fingerprint density at radius 1 is 1.29 bits per heavy atom. The van der Waals surface area contributed by atoms with Crippen molar-refractivity contribution >= 4 is 17.5 Å². The number of hydrogen-bond acceptors (Lipinski definition) is 5. The van der Waals surface area contributed by atoms with Crippen LogP contribution in [0.5, 0.6) is 11.5 Å². The zero-order valence-corrected chi connectivity index (χ0v) is 16.1. The van der Waals surface area contributed by atoms with Gasteiger partial charge >= 0.3 is 0 Å². The third kappa shape index (κ3) is 2.38. The molecule has 7 heteroatoms. The molecule has 4 aliphatic heterocycles. The number of carbonyl (C=O) groups excluding carboxylic acids is 2. The number of likely N-dealkylation sites (N-methyl/N-ethyl adjacent to an activating group) is 1. The zero-order valence-electron chi connectivity index (χ0n) is 16.1. The van der Waals surface area contributed by atoms with Gasteiger partial charge in [-0.05, 0) is 25.0 Å². The van der Waals surface area contributed by atoms with Crippen LogP contribution in [0.15, 0.2) is 24.3 Å². The number of nitrogens with one attached hydrogen (secondary N) is 1. The predicted octanol–water partition coefficient (Wildman–Crippen LogP) is 2.11. The maximum absolute atomic E-state index is 13.3. The fraction of sp³-hybridized carbons (Fsp3) is 0.524. The smallest absolute Gasteiger partial charge is 0.231 e. The van der Waals surface area contributed by atoms with Gasteiger partial charge in [0.15, 0.2) is 11.5 Å². The molecule has 148 valence electrons. The number of fused-ring (bicyclic) bond motifs is 2. The number of benzene rings is 1. The van der Waals surface area contributed by atoms with Crippen LogP contribution in [0.25, 0.3) is 0 Å². The van der Waals surface area contributed by atoms with Crippen LogP contribution in [0, 0.1) is 11.8 Å². The number of ether oxygens (including phenoxy) is 3. The molecule has 4 heterocycles. The number of aryl methyl sites for hydroxylation is 1. The summed E-state index contributed by atoms with van der Waals surface area (Å²) in [4.78, 5) is 27.9. The van der Waals surface area contributed by atoms with Crippen LogP contribution in [-0.2, 0) is 20.7 Å². The number of hydrogen-bond donors (Lipinski definition) is 1. The monoisotopic (exact) mass is 384 g/mol. The molecule has 2 saturated heterocycles. The van der Waals surface area contributed by atoms with E-state index in [4.69, 9.17) is 14.2 Å². The topological polar surface area (TPSA) is 77.1 Å². The van der Waals surface area contributed by atoms with Crippen molar-refractivity contribution in [2.45, 2.75) is 38.4 Å². The minimum atomic E-state index is -0.652. The molecular weight excluding hydrogens is 360 g/mol. The van der Waals surface area contributed by atoms with Crippen molar-refractivity contribution in [3.8, 4) is 11.5 Å². The van der Waals surface area contributed by atoms with Crippen molar-refractivity contribution in [3.63, 3.8) is 0 Å². The fourth-order valence-corrected chi connectivity index (χ4v) is 4.94. The van der Waals surface area contributed by atoms with Crippen LogP contribution in [0.4, 0.5) is 5.69 Å². The Hall–Kier alpha value is -2.54. The Balaban J connectivity index is 1.44. The van der Waals surface area contributed by atoms with Crippen LogP contribution in [0.3, 0.4) is 0 Å². The lowest BCUT2D eigenvalue weighted by Gasteiger charge is -2.24. The van der Waals surface area contributed by atoms with E-state index in [0.717, 1.165) is 24.1 Å². The average molecular weight is 384 g/mol. The predicted molar refractivity (Wildman–Crippen MR) is 101 cm³/mol. The van der Waals surface area contributed by atoms with Gasteiger partial charge < -0.3 is 24.4 Å². The summed E-state index contributed by atoms with van der Waals surface area (Å²) >= 11 is 0. The highest BCUT2D eigenvalue weighted by atomic mass is 16.7. The first-order chi connectivity index (χ1) is 13.6. The van der Waals surface area contributed by atoms with Crippen LogP contribution in [0.2, 0.25) is 0 Å². The van der Waals surface area contributed by atoms with E-state index in [-0.39, 0.29) is 24.7 Å². The summed E-state index contributed by atoms with van der Waals surface area (Å²) < 4.78 is 17.1. The molecule has 4 aliphatic rings. The highest BCUT2D eigenvalue weighted by Gasteiger charge is 2.66. The number of anilines is 1. The van der Waals surface area contributed by atoms with Gasteiger partial charge in [-0.1, -0.05) is 25.5 Å². The first-order valence-corrected chi connectivity index (χ1v) is 9.95. The zero-order chi connectivity index (χ0) is 19.5. The SMILES string of the molecule is CCCc1cc2c(cc1NC(=O)[C@H]1[C@H]3C=C[C@@]4(CN(CC)C(=O)[C@@H]14)O3)OCO2. The van der Waals surface area contributed by atoms with E-state index in [1.54, 1.807) is 4.90 Å². The van der Waals surface area contributed by atoms with Crippen molar-refractivity contribution in [2.24, 2.45) is 11.8 Å². The van der Waals surface area contributed by atoms with Gasteiger partial charge in [-0.2, -0.15) is 0 Å². The van der Waals surface area contributed by atoms with E-state index in [9.17, 15) is 9.59 Å². The van der Waals surface area contributed by atoms with E-state index in [1.165, 1.54) is 0 Å². The first kappa shape index (κ1) is 17.6. The molecule has 2 amide bonds. The Morgan fingerprint density at radius 3 is 2.82 bits per heavy atom. The first-order valence-electron chi connectivity index (χ1n) is 9.95.